The second-order valence-corrected chi connectivity index (χ2v) is 8.12. The van der Waals surface area contributed by atoms with Crippen LogP contribution in [0.25, 0.3) is 0 Å². The van der Waals surface area contributed by atoms with Crippen LogP contribution in [0.3, 0.4) is 0 Å². The van der Waals surface area contributed by atoms with Crippen LogP contribution in [0.2, 0.25) is 0 Å². The van der Waals surface area contributed by atoms with Gasteiger partial charge in [-0.3, -0.25) is 24.6 Å². The summed E-state index contributed by atoms with van der Waals surface area (Å²) in [5, 5.41) is 45.1. The Morgan fingerprint density at radius 2 is 1.46 bits per heavy atom. The van der Waals surface area contributed by atoms with Gasteiger partial charge in [0.05, 0.1) is 0 Å². The molecule has 15 nitrogen and oxygen atoms in total. The summed E-state index contributed by atoms with van der Waals surface area (Å²) in [6.07, 6.45) is 3.31. The lowest BCUT2D eigenvalue weighted by molar-refractivity contribution is -0.139. The van der Waals surface area contributed by atoms with Crippen LogP contribution in [0.5, 0.6) is 0 Å². The highest BCUT2D eigenvalue weighted by Crippen LogP contribution is 2.03. The lowest BCUT2D eigenvalue weighted by atomic mass is 10.1. The molecule has 0 saturated carbocycles. The van der Waals surface area contributed by atoms with E-state index in [0.717, 1.165) is 19.4 Å². The van der Waals surface area contributed by atoms with Gasteiger partial charge in [-0.2, -0.15) is 0 Å². The largest absolute Gasteiger partial charge is 0.480 e. The number of guanidine groups is 1. The molecule has 1 rings (SSSR count). The predicted molar refractivity (Wildman–Crippen MR) is 130 cm³/mol. The minimum Gasteiger partial charge on any atom is -0.480 e. The van der Waals surface area contributed by atoms with E-state index in [-0.39, 0.29) is 12.0 Å². The molecule has 4 atom stereocenters. The maximum atomic E-state index is 10.2. The smallest absolute Gasteiger partial charge is 0.320 e. The summed E-state index contributed by atoms with van der Waals surface area (Å²) in [6.45, 7) is 6.65. The summed E-state index contributed by atoms with van der Waals surface area (Å²) < 4.78 is 0. The summed E-state index contributed by atoms with van der Waals surface area (Å²) in [5.41, 5.74) is 20.3. The molecule has 0 aromatic heterocycles. The normalized spacial score (nSPS) is 16.5. The van der Waals surface area contributed by atoms with Crippen molar-refractivity contribution in [2.24, 2.45) is 28.9 Å². The van der Waals surface area contributed by atoms with Crippen molar-refractivity contribution < 1.29 is 39.6 Å². The zero-order valence-electron chi connectivity index (χ0n) is 20.6. The number of rotatable bonds is 10. The Morgan fingerprint density at radius 1 is 0.971 bits per heavy atom. The summed E-state index contributed by atoms with van der Waals surface area (Å²) in [6, 6.07) is -2.51. The number of hydrogen-bond donors (Lipinski definition) is 11. The van der Waals surface area contributed by atoms with Gasteiger partial charge in [0.2, 0.25) is 0 Å². The second-order valence-electron chi connectivity index (χ2n) is 8.12. The molecule has 1 aliphatic rings. The maximum Gasteiger partial charge on any atom is 0.320 e. The molecule has 0 bridgehead atoms. The monoisotopic (exact) mass is 509 g/mol. The third-order valence-electron chi connectivity index (χ3n) is 4.12. The minimum atomic E-state index is -1.00. The first-order chi connectivity index (χ1) is 16.0. The number of carboxylic acids is 4. The van der Waals surface area contributed by atoms with Crippen molar-refractivity contribution in [3.8, 4) is 0 Å². The number of nitrogens with one attached hydrogen (secondary N) is 3. The Hall–Kier alpha value is -3.01. The standard InChI is InChI=1S/C6H14N4O2.C6H13NO2.C5H9NO2.C3H7NO2/c7-4(5(11)12)2-1-3-10-6(8)9;1-4(2)3-5(7)6(8)9;7-5(8)4-2-1-3-6-4;1-2(4)3(5)6/h4H,1-3,7H2,(H,11,12)(H4,8,9,10);4-5H,3,7H2,1-2H3,(H,8,9);4,6H,1-3H2,(H,7,8);2H,4H2,1H3,(H,5,6)/t4-;5-;4-;2-/m0000/s1. The van der Waals surface area contributed by atoms with E-state index >= 15 is 0 Å². The fourth-order valence-electron chi connectivity index (χ4n) is 2.17. The van der Waals surface area contributed by atoms with Crippen LogP contribution < -0.4 is 33.6 Å². The molecule has 15 N–H and O–H groups in total. The molecule has 1 saturated heterocycles. The molecular weight excluding hydrogens is 466 g/mol. The van der Waals surface area contributed by atoms with E-state index in [2.05, 4.69) is 10.6 Å². The highest BCUT2D eigenvalue weighted by Gasteiger charge is 2.20. The van der Waals surface area contributed by atoms with Gasteiger partial charge < -0.3 is 54.0 Å². The first-order valence-corrected chi connectivity index (χ1v) is 11.0. The van der Waals surface area contributed by atoms with E-state index in [1.807, 2.05) is 13.8 Å². The number of aliphatic carboxylic acids is 4. The van der Waals surface area contributed by atoms with Crippen molar-refractivity contribution in [2.45, 2.75) is 77.0 Å². The van der Waals surface area contributed by atoms with Crippen LogP contribution >= 0.6 is 0 Å². The van der Waals surface area contributed by atoms with Gasteiger partial charge in [0, 0.05) is 6.54 Å². The molecule has 0 amide bonds. The Balaban J connectivity index is -0.000000401. The summed E-state index contributed by atoms with van der Waals surface area (Å²) >= 11 is 0. The van der Waals surface area contributed by atoms with Crippen LogP contribution in [0, 0.1) is 11.3 Å². The van der Waals surface area contributed by atoms with Gasteiger partial charge >= 0.3 is 23.9 Å². The van der Waals surface area contributed by atoms with Crippen molar-refractivity contribution in [1.29, 1.82) is 5.41 Å². The minimum absolute atomic E-state index is 0.112. The third-order valence-corrected chi connectivity index (χ3v) is 4.12. The Labute approximate surface area is 205 Å². The number of hydrogen-bond acceptors (Lipinski definition) is 9. The predicted octanol–water partition coefficient (Wildman–Crippen LogP) is -1.65. The molecule has 1 aliphatic heterocycles. The summed E-state index contributed by atoms with van der Waals surface area (Å²) in [5.74, 6) is -3.35. The molecule has 1 heterocycles. The first kappa shape index (κ1) is 36.6. The number of carbonyl (C=O) groups is 4. The fraction of sp³-hybridized carbons (Fsp3) is 0.750. The molecule has 0 aliphatic carbocycles. The zero-order chi connectivity index (χ0) is 28.1. The van der Waals surface area contributed by atoms with Gasteiger partial charge in [0.15, 0.2) is 5.96 Å². The molecule has 0 spiro atoms. The molecule has 0 aromatic rings. The average Bonchev–Trinajstić information content (AvgIpc) is 3.27. The number of carboxylic acid groups (broad SMARTS) is 4. The van der Waals surface area contributed by atoms with Crippen LogP contribution in [0.4, 0.5) is 0 Å². The van der Waals surface area contributed by atoms with Crippen LogP contribution in [-0.2, 0) is 19.2 Å². The van der Waals surface area contributed by atoms with E-state index in [4.69, 9.17) is 48.8 Å². The first-order valence-electron chi connectivity index (χ1n) is 11.0. The van der Waals surface area contributed by atoms with Crippen molar-refractivity contribution in [3.05, 3.63) is 0 Å². The van der Waals surface area contributed by atoms with E-state index in [0.29, 0.717) is 31.7 Å². The molecular formula is C20H43N7O8. The fourth-order valence-corrected chi connectivity index (χ4v) is 2.17. The van der Waals surface area contributed by atoms with Gasteiger partial charge in [-0.25, -0.2) is 0 Å². The third kappa shape index (κ3) is 27.1. The second kappa shape index (κ2) is 21.5. The molecule has 0 radical (unpaired) electrons. The van der Waals surface area contributed by atoms with Crippen molar-refractivity contribution >= 4 is 29.8 Å². The molecule has 206 valence electrons. The Bertz CT molecular complexity index is 641. The van der Waals surface area contributed by atoms with Crippen molar-refractivity contribution in [2.75, 3.05) is 13.1 Å². The molecule has 35 heavy (non-hydrogen) atoms. The molecule has 15 heteroatoms. The molecule has 1 fully saturated rings. The van der Waals surface area contributed by atoms with E-state index < -0.39 is 42.0 Å². The van der Waals surface area contributed by atoms with Gasteiger partial charge in [0.1, 0.15) is 24.2 Å². The SMILES string of the molecule is CC(C)C[C@H](N)C(=O)O.C[C@H](N)C(=O)O.N=C(N)NCCC[C@H](N)C(=O)O.O=C(O)[C@@H]1CCCN1. The lowest BCUT2D eigenvalue weighted by Crippen LogP contribution is -2.34. The van der Waals surface area contributed by atoms with E-state index in [1.54, 1.807) is 0 Å². The quantitative estimate of drug-likeness (QED) is 0.0892. The topological polar surface area (TPSA) is 301 Å². The van der Waals surface area contributed by atoms with Gasteiger partial charge in [0.25, 0.3) is 0 Å². The Kier molecular flexibility index (Phi) is 22.5. The van der Waals surface area contributed by atoms with Crippen molar-refractivity contribution in [3.63, 3.8) is 0 Å². The zero-order valence-corrected chi connectivity index (χ0v) is 20.6. The molecule has 0 aromatic carbocycles. The van der Waals surface area contributed by atoms with Crippen LogP contribution in [-0.4, -0.2) is 87.5 Å². The highest BCUT2D eigenvalue weighted by atomic mass is 16.4. The molecule has 0 unspecified atom stereocenters. The lowest BCUT2D eigenvalue weighted by Gasteiger charge is -2.07. The number of nitrogens with two attached hydrogens (primary N) is 4. The summed E-state index contributed by atoms with van der Waals surface area (Å²) in [4.78, 5) is 40.0. The van der Waals surface area contributed by atoms with Crippen LogP contribution in [0.15, 0.2) is 0 Å². The van der Waals surface area contributed by atoms with E-state index in [1.165, 1.54) is 6.92 Å². The summed E-state index contributed by atoms with van der Waals surface area (Å²) in [7, 11) is 0. The highest BCUT2D eigenvalue weighted by molar-refractivity contribution is 5.74. The van der Waals surface area contributed by atoms with E-state index in [9.17, 15) is 19.2 Å². The Morgan fingerprint density at radius 3 is 1.69 bits per heavy atom. The van der Waals surface area contributed by atoms with Gasteiger partial charge in [-0.15, -0.1) is 0 Å². The van der Waals surface area contributed by atoms with Gasteiger partial charge in [-0.05, 0) is 51.5 Å². The van der Waals surface area contributed by atoms with Gasteiger partial charge in [-0.1, -0.05) is 13.8 Å². The van der Waals surface area contributed by atoms with Crippen LogP contribution in [0.1, 0.15) is 52.9 Å². The maximum absolute atomic E-state index is 10.2. The average molecular weight is 510 g/mol. The van der Waals surface area contributed by atoms with Crippen molar-refractivity contribution in [1.82, 2.24) is 10.6 Å².